The number of H-pyrrole nitrogens is 1. The highest BCUT2D eigenvalue weighted by molar-refractivity contribution is 5.80. The van der Waals surface area contributed by atoms with Crippen molar-refractivity contribution in [2.75, 3.05) is 5.73 Å². The molecule has 0 unspecified atom stereocenters. The van der Waals surface area contributed by atoms with Crippen LogP contribution < -0.4 is 11.3 Å². The lowest BCUT2D eigenvalue weighted by atomic mass is 10.00. The molecule has 0 fully saturated rings. The van der Waals surface area contributed by atoms with Crippen LogP contribution in [-0.4, -0.2) is 19.7 Å². The maximum absolute atomic E-state index is 11.2. The summed E-state index contributed by atoms with van der Waals surface area (Å²) >= 11 is 0. The molecule has 3 N–H and O–H groups in total. The molecule has 0 saturated heterocycles. The fourth-order valence-corrected chi connectivity index (χ4v) is 2.48. The van der Waals surface area contributed by atoms with Gasteiger partial charge in [0, 0.05) is 36.6 Å². The van der Waals surface area contributed by atoms with E-state index in [-0.39, 0.29) is 16.9 Å². The first-order chi connectivity index (χ1) is 11.0. The summed E-state index contributed by atoms with van der Waals surface area (Å²) in [6.07, 6.45) is 3.40. The molecule has 3 aromatic heterocycles. The van der Waals surface area contributed by atoms with Crippen LogP contribution in [0.2, 0.25) is 0 Å². The second-order valence-corrected chi connectivity index (χ2v) is 5.17. The van der Waals surface area contributed by atoms with Gasteiger partial charge in [-0.25, -0.2) is 4.98 Å². The Kier molecular flexibility index (Phi) is 3.43. The Balaban J connectivity index is 2.26. The Morgan fingerprint density at radius 1 is 1.35 bits per heavy atom. The Morgan fingerprint density at radius 2 is 2.13 bits per heavy atom. The highest BCUT2D eigenvalue weighted by Gasteiger charge is 2.15. The lowest BCUT2D eigenvalue weighted by molar-refractivity contribution is 0.756. The van der Waals surface area contributed by atoms with E-state index in [1.807, 2.05) is 20.2 Å². The van der Waals surface area contributed by atoms with Gasteiger partial charge in [-0.2, -0.15) is 10.4 Å². The van der Waals surface area contributed by atoms with Crippen molar-refractivity contribution in [3.05, 3.63) is 52.2 Å². The molecule has 0 aliphatic heterocycles. The molecule has 0 aliphatic rings. The summed E-state index contributed by atoms with van der Waals surface area (Å²) in [5, 5.41) is 13.7. The molecular weight excluding hydrogens is 292 g/mol. The summed E-state index contributed by atoms with van der Waals surface area (Å²) in [7, 11) is 1.83. The van der Waals surface area contributed by atoms with Crippen LogP contribution in [-0.2, 0) is 7.05 Å². The van der Waals surface area contributed by atoms with Gasteiger partial charge in [-0.1, -0.05) is 0 Å². The average molecular weight is 306 g/mol. The summed E-state index contributed by atoms with van der Waals surface area (Å²) in [5.41, 5.74) is 9.63. The number of hydrogen-bond acceptors (Lipinski definition) is 5. The second kappa shape index (κ2) is 5.42. The number of rotatable bonds is 2. The Labute approximate surface area is 132 Å². The molecule has 7 nitrogen and oxygen atoms in total. The molecule has 23 heavy (non-hydrogen) atoms. The number of nitrogens with one attached hydrogen (secondary N) is 1. The van der Waals surface area contributed by atoms with E-state index >= 15 is 0 Å². The summed E-state index contributed by atoms with van der Waals surface area (Å²) in [4.78, 5) is 18.2. The van der Waals surface area contributed by atoms with Crippen LogP contribution in [0.15, 0.2) is 35.4 Å². The number of nitrogens with two attached hydrogens (primary N) is 1. The van der Waals surface area contributed by atoms with Crippen molar-refractivity contribution < 1.29 is 0 Å². The minimum absolute atomic E-state index is 0.148. The Hall–Kier alpha value is -3.40. The van der Waals surface area contributed by atoms with Gasteiger partial charge in [0.15, 0.2) is 0 Å². The van der Waals surface area contributed by atoms with E-state index in [4.69, 9.17) is 5.73 Å². The number of aryl methyl sites for hydroxylation is 2. The third-order valence-corrected chi connectivity index (χ3v) is 3.54. The van der Waals surface area contributed by atoms with Gasteiger partial charge in [-0.15, -0.1) is 0 Å². The van der Waals surface area contributed by atoms with Crippen molar-refractivity contribution in [3.63, 3.8) is 0 Å². The standard InChI is InChI=1S/C16H14N6O/c1-9-13(8-22(2)21-9)14-5-11(12(6-17)16(18)20-14)10-3-4-15(23)19-7-10/h3-5,7-8H,1-2H3,(H2,18,20)(H,19,23). The maximum Gasteiger partial charge on any atom is 0.247 e. The third-order valence-electron chi connectivity index (χ3n) is 3.54. The third kappa shape index (κ3) is 2.58. The van der Waals surface area contributed by atoms with Gasteiger partial charge < -0.3 is 10.7 Å². The lowest BCUT2D eigenvalue weighted by Gasteiger charge is -2.09. The molecule has 3 heterocycles. The van der Waals surface area contributed by atoms with Crippen molar-refractivity contribution in [3.8, 4) is 28.5 Å². The number of aromatic amines is 1. The summed E-state index contributed by atoms with van der Waals surface area (Å²) < 4.78 is 1.69. The van der Waals surface area contributed by atoms with Crippen LogP contribution in [0.3, 0.4) is 0 Å². The van der Waals surface area contributed by atoms with Crippen LogP contribution >= 0.6 is 0 Å². The molecule has 0 atom stereocenters. The molecule has 0 saturated carbocycles. The lowest BCUT2D eigenvalue weighted by Crippen LogP contribution is -2.03. The number of nitrogen functional groups attached to an aromatic ring is 1. The van der Waals surface area contributed by atoms with Crippen molar-refractivity contribution in [2.24, 2.45) is 7.05 Å². The molecule has 0 radical (unpaired) electrons. The molecule has 3 rings (SSSR count). The van der Waals surface area contributed by atoms with E-state index in [1.54, 1.807) is 23.0 Å². The van der Waals surface area contributed by atoms with Crippen LogP contribution in [0.1, 0.15) is 11.3 Å². The Bertz CT molecular complexity index is 972. The highest BCUT2D eigenvalue weighted by Crippen LogP contribution is 2.31. The number of pyridine rings is 2. The quantitative estimate of drug-likeness (QED) is 0.746. The average Bonchev–Trinajstić information content (AvgIpc) is 2.86. The van der Waals surface area contributed by atoms with Gasteiger partial charge >= 0.3 is 0 Å². The molecule has 114 valence electrons. The van der Waals surface area contributed by atoms with E-state index in [9.17, 15) is 10.1 Å². The van der Waals surface area contributed by atoms with E-state index in [1.165, 1.54) is 6.07 Å². The zero-order valence-corrected chi connectivity index (χ0v) is 12.7. The molecule has 0 aliphatic carbocycles. The second-order valence-electron chi connectivity index (χ2n) is 5.17. The highest BCUT2D eigenvalue weighted by atomic mass is 16.1. The zero-order valence-electron chi connectivity index (χ0n) is 12.7. The fourth-order valence-electron chi connectivity index (χ4n) is 2.48. The molecular formula is C16H14N6O. The Morgan fingerprint density at radius 3 is 2.70 bits per heavy atom. The first-order valence-corrected chi connectivity index (χ1v) is 6.90. The van der Waals surface area contributed by atoms with Gasteiger partial charge in [0.25, 0.3) is 0 Å². The van der Waals surface area contributed by atoms with Crippen LogP contribution in [0.25, 0.3) is 22.4 Å². The van der Waals surface area contributed by atoms with Crippen molar-refractivity contribution in [2.45, 2.75) is 6.92 Å². The van der Waals surface area contributed by atoms with Gasteiger partial charge in [-0.3, -0.25) is 9.48 Å². The SMILES string of the molecule is Cc1nn(C)cc1-c1cc(-c2ccc(=O)[nH]c2)c(C#N)c(N)n1. The maximum atomic E-state index is 11.2. The monoisotopic (exact) mass is 306 g/mol. The molecule has 0 aromatic carbocycles. The molecule has 7 heteroatoms. The minimum atomic E-state index is -0.211. The zero-order chi connectivity index (χ0) is 16.6. The number of nitrogens with zero attached hydrogens (tertiary/aromatic N) is 4. The summed E-state index contributed by atoms with van der Waals surface area (Å²) in [5.74, 6) is 0.148. The number of hydrogen-bond donors (Lipinski definition) is 2. The number of anilines is 1. The van der Waals surface area contributed by atoms with E-state index in [0.717, 1.165) is 11.3 Å². The van der Waals surface area contributed by atoms with E-state index in [2.05, 4.69) is 21.1 Å². The van der Waals surface area contributed by atoms with Gasteiger partial charge in [0.05, 0.1) is 11.4 Å². The fraction of sp³-hybridized carbons (Fsp3) is 0.125. The molecule has 0 bridgehead atoms. The molecule has 0 amide bonds. The normalized spacial score (nSPS) is 10.5. The summed E-state index contributed by atoms with van der Waals surface area (Å²) in [6.45, 7) is 1.88. The minimum Gasteiger partial charge on any atom is -0.383 e. The van der Waals surface area contributed by atoms with Crippen LogP contribution in [0.4, 0.5) is 5.82 Å². The van der Waals surface area contributed by atoms with Gasteiger partial charge in [0.2, 0.25) is 5.56 Å². The predicted molar refractivity (Wildman–Crippen MR) is 86.4 cm³/mol. The van der Waals surface area contributed by atoms with E-state index in [0.29, 0.717) is 16.8 Å². The van der Waals surface area contributed by atoms with Crippen molar-refractivity contribution in [1.82, 2.24) is 19.7 Å². The van der Waals surface area contributed by atoms with Crippen molar-refractivity contribution in [1.29, 1.82) is 5.26 Å². The van der Waals surface area contributed by atoms with Gasteiger partial charge in [0.1, 0.15) is 17.5 Å². The summed E-state index contributed by atoms with van der Waals surface area (Å²) in [6, 6.07) is 6.91. The first-order valence-electron chi connectivity index (χ1n) is 6.90. The molecule has 3 aromatic rings. The smallest absolute Gasteiger partial charge is 0.247 e. The molecule has 0 spiro atoms. The largest absolute Gasteiger partial charge is 0.383 e. The topological polar surface area (TPSA) is 113 Å². The number of nitriles is 1. The van der Waals surface area contributed by atoms with E-state index < -0.39 is 0 Å². The van der Waals surface area contributed by atoms with Gasteiger partial charge in [-0.05, 0) is 24.6 Å². The van der Waals surface area contributed by atoms with Crippen molar-refractivity contribution >= 4 is 5.82 Å². The van der Waals surface area contributed by atoms with Crippen LogP contribution in [0.5, 0.6) is 0 Å². The van der Waals surface area contributed by atoms with Crippen LogP contribution in [0, 0.1) is 18.3 Å². The first kappa shape index (κ1) is 14.5. The number of aromatic nitrogens is 4. The predicted octanol–water partition coefficient (Wildman–Crippen LogP) is 1.60.